The van der Waals surface area contributed by atoms with Gasteiger partial charge in [0.1, 0.15) is 5.75 Å². The van der Waals surface area contributed by atoms with Gasteiger partial charge in [0.05, 0.1) is 11.9 Å². The lowest BCUT2D eigenvalue weighted by Gasteiger charge is -2.14. The molecular weight excluding hydrogens is 332 g/mol. The Balaban J connectivity index is 2.06. The fourth-order valence-electron chi connectivity index (χ4n) is 2.42. The average molecular weight is 347 g/mol. The highest BCUT2D eigenvalue weighted by atomic mass is 79.9. The van der Waals surface area contributed by atoms with Gasteiger partial charge in [0.2, 0.25) is 0 Å². The monoisotopic (exact) mass is 346 g/mol. The van der Waals surface area contributed by atoms with Crippen LogP contribution in [0.1, 0.15) is 21.5 Å². The van der Waals surface area contributed by atoms with E-state index in [1.165, 1.54) is 26.8 Å². The van der Waals surface area contributed by atoms with Crippen molar-refractivity contribution in [1.82, 2.24) is 0 Å². The molecular formula is C17H15BrOS. The van der Waals surface area contributed by atoms with Crippen LogP contribution in [0.3, 0.4) is 0 Å². The second-order valence-corrected chi connectivity index (χ2v) is 6.60. The van der Waals surface area contributed by atoms with Gasteiger partial charge < -0.3 is 4.74 Å². The van der Waals surface area contributed by atoms with Crippen LogP contribution in [0.15, 0.2) is 47.8 Å². The van der Waals surface area contributed by atoms with Gasteiger partial charge in [-0.1, -0.05) is 40.2 Å². The molecule has 0 aliphatic carbocycles. The van der Waals surface area contributed by atoms with Crippen molar-refractivity contribution in [3.05, 3.63) is 64.5 Å². The number of halogens is 1. The number of ether oxygens (including phenoxy) is 1. The van der Waals surface area contributed by atoms with Crippen LogP contribution < -0.4 is 4.74 Å². The fraction of sp³-hybridized carbons (Fsp3) is 0.176. The summed E-state index contributed by atoms with van der Waals surface area (Å²) in [6.07, 6.45) is 0. The number of fused-ring (bicyclic) bond motifs is 1. The van der Waals surface area contributed by atoms with Gasteiger partial charge in [-0.15, -0.1) is 11.3 Å². The highest BCUT2D eigenvalue weighted by Crippen LogP contribution is 2.40. The number of hydrogen-bond acceptors (Lipinski definition) is 2. The third-order valence-electron chi connectivity index (χ3n) is 3.53. The van der Waals surface area contributed by atoms with E-state index in [1.807, 2.05) is 6.07 Å². The number of methoxy groups -OCH3 is 1. The summed E-state index contributed by atoms with van der Waals surface area (Å²) < 4.78 is 6.61. The first-order valence-electron chi connectivity index (χ1n) is 6.45. The van der Waals surface area contributed by atoms with E-state index < -0.39 is 0 Å². The van der Waals surface area contributed by atoms with Crippen molar-refractivity contribution in [2.24, 2.45) is 0 Å². The Labute approximate surface area is 131 Å². The van der Waals surface area contributed by atoms with Gasteiger partial charge >= 0.3 is 0 Å². The highest BCUT2D eigenvalue weighted by Gasteiger charge is 2.17. The van der Waals surface area contributed by atoms with Crippen LogP contribution >= 0.6 is 27.3 Å². The summed E-state index contributed by atoms with van der Waals surface area (Å²) in [5, 5.41) is 3.57. The quantitative estimate of drug-likeness (QED) is 0.552. The zero-order valence-corrected chi connectivity index (χ0v) is 13.8. The third kappa shape index (κ3) is 2.36. The van der Waals surface area contributed by atoms with Crippen molar-refractivity contribution in [2.75, 3.05) is 7.11 Å². The van der Waals surface area contributed by atoms with Gasteiger partial charge in [-0.3, -0.25) is 0 Å². The molecule has 102 valence electrons. The molecule has 1 atom stereocenters. The van der Waals surface area contributed by atoms with Crippen molar-refractivity contribution in [1.29, 1.82) is 0 Å². The maximum absolute atomic E-state index is 5.28. The van der Waals surface area contributed by atoms with Gasteiger partial charge in [-0.25, -0.2) is 0 Å². The predicted molar refractivity (Wildman–Crippen MR) is 90.3 cm³/mol. The molecule has 3 rings (SSSR count). The molecule has 1 heterocycles. The lowest BCUT2D eigenvalue weighted by Crippen LogP contribution is -1.96. The van der Waals surface area contributed by atoms with E-state index in [9.17, 15) is 0 Å². The minimum atomic E-state index is 0.213. The lowest BCUT2D eigenvalue weighted by molar-refractivity contribution is 0.414. The van der Waals surface area contributed by atoms with Gasteiger partial charge in [-0.05, 0) is 52.6 Å². The molecule has 0 spiro atoms. The SMILES string of the molecule is COc1ccc(C(Br)c2csc3ccccc23)c(C)c1. The summed E-state index contributed by atoms with van der Waals surface area (Å²) in [6, 6.07) is 14.8. The summed E-state index contributed by atoms with van der Waals surface area (Å²) in [5.74, 6) is 0.904. The summed E-state index contributed by atoms with van der Waals surface area (Å²) >= 11 is 5.65. The van der Waals surface area contributed by atoms with Crippen molar-refractivity contribution in [3.63, 3.8) is 0 Å². The first-order valence-corrected chi connectivity index (χ1v) is 8.25. The lowest BCUT2D eigenvalue weighted by atomic mass is 10.00. The molecule has 0 fully saturated rings. The van der Waals surface area contributed by atoms with E-state index in [4.69, 9.17) is 4.74 Å². The Kier molecular flexibility index (Phi) is 3.81. The molecule has 3 aromatic rings. The van der Waals surface area contributed by atoms with Crippen LogP contribution in [0, 0.1) is 6.92 Å². The van der Waals surface area contributed by atoms with Crippen molar-refractivity contribution < 1.29 is 4.74 Å². The van der Waals surface area contributed by atoms with E-state index in [-0.39, 0.29) is 4.83 Å². The van der Waals surface area contributed by atoms with Gasteiger partial charge in [-0.2, -0.15) is 0 Å². The second-order valence-electron chi connectivity index (χ2n) is 4.77. The highest BCUT2D eigenvalue weighted by molar-refractivity contribution is 9.09. The minimum Gasteiger partial charge on any atom is -0.497 e. The average Bonchev–Trinajstić information content (AvgIpc) is 2.90. The van der Waals surface area contributed by atoms with E-state index in [0.717, 1.165) is 5.75 Å². The molecule has 0 radical (unpaired) electrons. The van der Waals surface area contributed by atoms with Crippen LogP contribution in [0.4, 0.5) is 0 Å². The largest absolute Gasteiger partial charge is 0.497 e. The van der Waals surface area contributed by atoms with E-state index in [1.54, 1.807) is 18.4 Å². The Morgan fingerprint density at radius 2 is 1.90 bits per heavy atom. The summed E-state index contributed by atoms with van der Waals surface area (Å²) in [7, 11) is 1.70. The fourth-order valence-corrected chi connectivity index (χ4v) is 4.48. The Hall–Kier alpha value is -1.32. The zero-order valence-electron chi connectivity index (χ0n) is 11.4. The van der Waals surface area contributed by atoms with Crippen LogP contribution in [0.25, 0.3) is 10.1 Å². The Morgan fingerprint density at radius 3 is 2.65 bits per heavy atom. The molecule has 1 aromatic heterocycles. The maximum Gasteiger partial charge on any atom is 0.119 e. The van der Waals surface area contributed by atoms with Crippen LogP contribution in [0.5, 0.6) is 5.75 Å². The van der Waals surface area contributed by atoms with Gasteiger partial charge in [0.15, 0.2) is 0 Å². The van der Waals surface area contributed by atoms with Crippen LogP contribution in [-0.4, -0.2) is 7.11 Å². The molecule has 1 unspecified atom stereocenters. The molecule has 20 heavy (non-hydrogen) atoms. The van der Waals surface area contributed by atoms with E-state index >= 15 is 0 Å². The number of thiophene rings is 1. The first kappa shape index (κ1) is 13.7. The molecule has 2 aromatic carbocycles. The molecule has 0 aliphatic heterocycles. The number of aryl methyl sites for hydroxylation is 1. The molecule has 3 heteroatoms. The predicted octanol–water partition coefficient (Wildman–Crippen LogP) is 5.70. The molecule has 0 saturated heterocycles. The number of rotatable bonds is 3. The molecule has 0 saturated carbocycles. The van der Waals surface area contributed by atoms with E-state index in [2.05, 4.69) is 64.6 Å². The maximum atomic E-state index is 5.28. The van der Waals surface area contributed by atoms with Crippen molar-refractivity contribution >= 4 is 37.4 Å². The standard InChI is InChI=1S/C17H15BrOS/c1-11-9-12(19-2)7-8-13(11)17(18)15-10-20-16-6-4-3-5-14(15)16/h3-10,17H,1-2H3. The Morgan fingerprint density at radius 1 is 1.10 bits per heavy atom. The normalized spacial score (nSPS) is 12.6. The molecule has 0 amide bonds. The number of alkyl halides is 1. The second kappa shape index (κ2) is 5.58. The van der Waals surface area contributed by atoms with Crippen molar-refractivity contribution in [3.8, 4) is 5.75 Å². The first-order chi connectivity index (χ1) is 9.70. The molecule has 0 N–H and O–H groups in total. The number of hydrogen-bond donors (Lipinski definition) is 0. The molecule has 0 aliphatic rings. The Bertz CT molecular complexity index is 748. The minimum absolute atomic E-state index is 0.213. The van der Waals surface area contributed by atoms with E-state index in [0.29, 0.717) is 0 Å². The summed E-state index contributed by atoms with van der Waals surface area (Å²) in [6.45, 7) is 2.13. The zero-order chi connectivity index (χ0) is 14.1. The number of benzene rings is 2. The van der Waals surface area contributed by atoms with Crippen LogP contribution in [0.2, 0.25) is 0 Å². The third-order valence-corrected chi connectivity index (χ3v) is 5.50. The van der Waals surface area contributed by atoms with Gasteiger partial charge in [0.25, 0.3) is 0 Å². The topological polar surface area (TPSA) is 9.23 Å². The van der Waals surface area contributed by atoms with Crippen molar-refractivity contribution in [2.45, 2.75) is 11.8 Å². The smallest absolute Gasteiger partial charge is 0.119 e. The molecule has 1 nitrogen and oxygen atoms in total. The summed E-state index contributed by atoms with van der Waals surface area (Å²) in [5.41, 5.74) is 3.86. The van der Waals surface area contributed by atoms with Gasteiger partial charge in [0, 0.05) is 4.70 Å². The molecule has 0 bridgehead atoms. The summed E-state index contributed by atoms with van der Waals surface area (Å²) in [4.78, 5) is 0.213. The van der Waals surface area contributed by atoms with Crippen LogP contribution in [-0.2, 0) is 0 Å².